The summed E-state index contributed by atoms with van der Waals surface area (Å²) in [6, 6.07) is 18.5. The molecule has 0 spiro atoms. The number of benzene rings is 4. The van der Waals surface area contributed by atoms with Gasteiger partial charge in [-0.05, 0) is 68.4 Å². The summed E-state index contributed by atoms with van der Waals surface area (Å²) in [5, 5.41) is 11.1. The Labute approximate surface area is 379 Å². The number of halogens is 3. The van der Waals surface area contributed by atoms with Gasteiger partial charge in [-0.2, -0.15) is 5.10 Å². The number of nitrogens with two attached hydrogens (primary N) is 1. The summed E-state index contributed by atoms with van der Waals surface area (Å²) in [5.74, 6) is -2.34. The Hall–Kier alpha value is -6.26. The van der Waals surface area contributed by atoms with Gasteiger partial charge in [-0.15, -0.1) is 0 Å². The van der Waals surface area contributed by atoms with E-state index < -0.39 is 35.1 Å². The Balaban J connectivity index is 0.854. The van der Waals surface area contributed by atoms with Crippen molar-refractivity contribution in [1.29, 1.82) is 0 Å². The van der Waals surface area contributed by atoms with E-state index in [1.54, 1.807) is 11.7 Å². The molecule has 17 heteroatoms. The molecule has 1 saturated carbocycles. The van der Waals surface area contributed by atoms with Crippen LogP contribution in [-0.2, 0) is 22.2 Å². The zero-order valence-electron chi connectivity index (χ0n) is 36.3. The molecule has 9 rings (SSSR count). The van der Waals surface area contributed by atoms with Crippen molar-refractivity contribution in [3.8, 4) is 28.4 Å². The van der Waals surface area contributed by atoms with Crippen molar-refractivity contribution < 1.29 is 42.2 Å². The van der Waals surface area contributed by atoms with Gasteiger partial charge in [0, 0.05) is 85.7 Å². The number of imide groups is 1. The minimum Gasteiger partial charge on any atom is -0.494 e. The molecule has 1 aromatic heterocycles. The molecule has 4 N–H and O–H groups in total. The number of rotatable bonds is 11. The number of nitrogens with one attached hydrogen (secondary N) is 2. The molecule has 0 unspecified atom stereocenters. The molecule has 0 bridgehead atoms. The number of urea groups is 1. The van der Waals surface area contributed by atoms with Crippen LogP contribution in [0.1, 0.15) is 79.3 Å². The third-order valence-electron chi connectivity index (χ3n) is 13.6. The van der Waals surface area contributed by atoms with Crippen LogP contribution in [0.5, 0.6) is 17.2 Å². The van der Waals surface area contributed by atoms with Gasteiger partial charge in [-0.3, -0.25) is 29.3 Å². The maximum Gasteiger partial charge on any atom is 0.329 e. The summed E-state index contributed by atoms with van der Waals surface area (Å²) in [4.78, 5) is 54.4. The lowest BCUT2D eigenvalue weighted by Crippen LogP contribution is -2.51. The number of hydrogen-bond donors (Lipinski definition) is 3. The molecule has 14 nitrogen and oxygen atoms in total. The van der Waals surface area contributed by atoms with Crippen molar-refractivity contribution in [1.82, 2.24) is 25.3 Å². The van der Waals surface area contributed by atoms with Crippen molar-refractivity contribution >= 4 is 52.1 Å². The molecule has 340 valence electrons. The standard InChI is InChI=1S/C48H50ClF2N7O7/c1-26-38-36(24-33(50)41(49)40(38)39-31(44(52)60)16-17-34(63-3)42(39)51)65-48(26,28-8-5-4-6-9-28)25-53-29-18-21-57(22-19-29)46(61)27-12-14-30(15-13-27)64-35-11-7-10-32-43(35)56(2)55-45(32)58-23-20-37(59)54-47(58)62/h4-11,16-17,24,26-27,29-30,53H,12-15,18-23,25H2,1-3H3,(H2,52,60)(H,54,59,62)/t26-,27?,30?,48-/m0/s1. The van der Waals surface area contributed by atoms with Crippen molar-refractivity contribution in [2.45, 2.75) is 75.5 Å². The average Bonchev–Trinajstić information content (AvgIpc) is 3.79. The van der Waals surface area contributed by atoms with E-state index in [9.17, 15) is 19.2 Å². The van der Waals surface area contributed by atoms with Crippen molar-refractivity contribution in [2.75, 3.05) is 38.2 Å². The first-order valence-electron chi connectivity index (χ1n) is 22.0. The molecule has 3 aliphatic heterocycles. The predicted octanol–water partition coefficient (Wildman–Crippen LogP) is 7.34. The van der Waals surface area contributed by atoms with Crippen molar-refractivity contribution in [3.63, 3.8) is 0 Å². The van der Waals surface area contributed by atoms with Crippen LogP contribution < -0.4 is 35.5 Å². The summed E-state index contributed by atoms with van der Waals surface area (Å²) in [6.07, 6.45) is 4.30. The van der Waals surface area contributed by atoms with Crippen LogP contribution in [0, 0.1) is 17.6 Å². The normalized spacial score (nSPS) is 22.4. The first kappa shape index (κ1) is 44.0. The van der Waals surface area contributed by atoms with Crippen LogP contribution in [0.2, 0.25) is 5.02 Å². The molecule has 2 saturated heterocycles. The van der Waals surface area contributed by atoms with Crippen LogP contribution in [0.3, 0.4) is 0 Å². The fourth-order valence-corrected chi connectivity index (χ4v) is 10.4. The zero-order chi connectivity index (χ0) is 45.7. The van der Waals surface area contributed by atoms with Crippen LogP contribution in [0.15, 0.2) is 66.7 Å². The largest absolute Gasteiger partial charge is 0.494 e. The molecule has 65 heavy (non-hydrogen) atoms. The highest BCUT2D eigenvalue weighted by molar-refractivity contribution is 6.34. The van der Waals surface area contributed by atoms with Crippen LogP contribution in [0.4, 0.5) is 19.4 Å². The van der Waals surface area contributed by atoms with Gasteiger partial charge in [-0.1, -0.05) is 54.9 Å². The van der Waals surface area contributed by atoms with Gasteiger partial charge in [0.05, 0.1) is 23.8 Å². The zero-order valence-corrected chi connectivity index (χ0v) is 37.1. The molecule has 2 atom stereocenters. The number of para-hydroxylation sites is 1. The van der Waals surface area contributed by atoms with E-state index in [1.807, 2.05) is 60.4 Å². The van der Waals surface area contributed by atoms with E-state index in [2.05, 4.69) is 15.7 Å². The monoisotopic (exact) mass is 909 g/mol. The molecule has 5 amide bonds. The molecule has 0 radical (unpaired) electrons. The lowest BCUT2D eigenvalue weighted by Gasteiger charge is -2.39. The molecule has 3 fully saturated rings. The average molecular weight is 910 g/mol. The summed E-state index contributed by atoms with van der Waals surface area (Å²) in [6.45, 7) is 3.60. The number of nitrogens with zero attached hydrogens (tertiary/aromatic N) is 4. The van der Waals surface area contributed by atoms with Gasteiger partial charge in [-0.25, -0.2) is 13.6 Å². The smallest absolute Gasteiger partial charge is 0.329 e. The van der Waals surface area contributed by atoms with E-state index in [-0.39, 0.29) is 76.1 Å². The van der Waals surface area contributed by atoms with Crippen LogP contribution >= 0.6 is 11.6 Å². The Morgan fingerprint density at radius 3 is 2.40 bits per heavy atom. The van der Waals surface area contributed by atoms with E-state index in [0.717, 1.165) is 16.5 Å². The lowest BCUT2D eigenvalue weighted by molar-refractivity contribution is -0.138. The van der Waals surface area contributed by atoms with Crippen molar-refractivity contribution in [2.24, 2.45) is 18.7 Å². The number of likely N-dealkylation sites (tertiary alicyclic amines) is 1. The number of primary amides is 1. The van der Waals surface area contributed by atoms with Gasteiger partial charge in [0.1, 0.15) is 22.8 Å². The summed E-state index contributed by atoms with van der Waals surface area (Å²) < 4.78 is 52.2. The van der Waals surface area contributed by atoms with Crippen LogP contribution in [0.25, 0.3) is 22.0 Å². The fraction of sp³-hybridized carbons (Fsp3) is 0.396. The van der Waals surface area contributed by atoms with Gasteiger partial charge in [0.2, 0.25) is 17.7 Å². The number of amides is 5. The molecule has 1 aliphatic carbocycles. The maximum absolute atomic E-state index is 16.2. The van der Waals surface area contributed by atoms with Gasteiger partial charge in [0.25, 0.3) is 0 Å². The molecular weight excluding hydrogens is 860 g/mol. The SMILES string of the molecule is COc1ccc(C(N)=O)c(-c2c(Cl)c(F)cc3c2[C@H](C)[C@@](CNC2CCN(C(=O)C4CCC(Oc5cccc6c(N7CCC(=O)NC7=O)nn(C)c56)CC4)CC2)(c2ccccc2)O3)c1F. The second-order valence-corrected chi connectivity index (χ2v) is 17.7. The number of methoxy groups -OCH3 is 1. The Kier molecular flexibility index (Phi) is 11.9. The van der Waals surface area contributed by atoms with Gasteiger partial charge < -0.3 is 30.2 Å². The van der Waals surface area contributed by atoms with Crippen molar-refractivity contribution in [3.05, 3.63) is 100 Å². The molecule has 5 aromatic rings. The number of carbonyl (C=O) groups excluding carboxylic acids is 4. The summed E-state index contributed by atoms with van der Waals surface area (Å²) >= 11 is 6.68. The minimum atomic E-state index is -1.10. The maximum atomic E-state index is 16.2. The highest BCUT2D eigenvalue weighted by Crippen LogP contribution is 2.56. The molecule has 4 heterocycles. The summed E-state index contributed by atoms with van der Waals surface area (Å²) in [5.41, 5.74) is 6.17. The Bertz CT molecular complexity index is 2700. The number of piperidine rings is 1. The fourth-order valence-electron chi connectivity index (χ4n) is 10.2. The first-order chi connectivity index (χ1) is 31.3. The van der Waals surface area contributed by atoms with Gasteiger partial charge in [0.15, 0.2) is 23.0 Å². The second kappa shape index (κ2) is 17.6. The number of ether oxygens (including phenoxy) is 3. The first-order valence-corrected chi connectivity index (χ1v) is 22.4. The number of aryl methyl sites for hydroxylation is 1. The van der Waals surface area contributed by atoms with E-state index in [0.29, 0.717) is 75.3 Å². The van der Waals surface area contributed by atoms with Crippen LogP contribution in [-0.4, -0.2) is 83.9 Å². The number of hydrogen-bond acceptors (Lipinski definition) is 9. The summed E-state index contributed by atoms with van der Waals surface area (Å²) in [7, 11) is 3.09. The van der Waals surface area contributed by atoms with E-state index in [1.165, 1.54) is 30.2 Å². The number of anilines is 1. The third kappa shape index (κ3) is 7.90. The quantitative estimate of drug-likeness (QED) is 0.123. The van der Waals surface area contributed by atoms with E-state index >= 15 is 8.78 Å². The Morgan fingerprint density at radius 1 is 0.969 bits per heavy atom. The second-order valence-electron chi connectivity index (χ2n) is 17.3. The molecule has 4 aliphatic rings. The highest BCUT2D eigenvalue weighted by Gasteiger charge is 2.50. The lowest BCUT2D eigenvalue weighted by atomic mass is 9.77. The number of carbonyl (C=O) groups is 4. The third-order valence-corrected chi connectivity index (χ3v) is 14.0. The Morgan fingerprint density at radius 2 is 1.71 bits per heavy atom. The minimum absolute atomic E-state index is 0.0191. The number of aromatic nitrogens is 2. The topological polar surface area (TPSA) is 170 Å². The number of fused-ring (bicyclic) bond motifs is 2. The highest BCUT2D eigenvalue weighted by atomic mass is 35.5. The predicted molar refractivity (Wildman–Crippen MR) is 239 cm³/mol. The van der Waals surface area contributed by atoms with Gasteiger partial charge >= 0.3 is 6.03 Å². The van der Waals surface area contributed by atoms with E-state index in [4.69, 9.17) is 31.5 Å². The molecule has 4 aromatic carbocycles. The molecular formula is C48H50ClF2N7O7.